The fourth-order valence-electron chi connectivity index (χ4n) is 4.53. The number of carbonyl (C=O) groups is 1. The van der Waals surface area contributed by atoms with Gasteiger partial charge in [-0.05, 0) is 34.7 Å². The highest BCUT2D eigenvalue weighted by molar-refractivity contribution is 5.87. The van der Waals surface area contributed by atoms with Gasteiger partial charge in [-0.25, -0.2) is 5.01 Å². The molecule has 1 aliphatic rings. The van der Waals surface area contributed by atoms with Gasteiger partial charge in [-0.15, -0.1) is 0 Å². The highest BCUT2D eigenvalue weighted by Gasteiger charge is 2.47. The third-order valence-corrected chi connectivity index (χ3v) is 6.12. The molecule has 2 aromatic rings. The Hall–Kier alpha value is -2.08. The number of hydrogen-bond acceptors (Lipinski definition) is 2. The van der Waals surface area contributed by atoms with Crippen LogP contribution >= 0.6 is 0 Å². The standard InChI is InChI=1S/C25H33F3N2O/c1-2-3-4-5-6-7-8-9-14-21-20-13-11-10-12-19(20)15-16-22(21)24(25(26,27)28)30-18-17-23(31)29-30/h10-13,15-16,24H,2-9,14,17-18H2,1H3,(H,29,31). The van der Waals surface area contributed by atoms with Crippen LogP contribution in [-0.4, -0.2) is 23.6 Å². The Kier molecular flexibility index (Phi) is 8.35. The van der Waals surface area contributed by atoms with Crippen LogP contribution < -0.4 is 5.43 Å². The molecule has 1 amide bonds. The minimum atomic E-state index is -4.48. The van der Waals surface area contributed by atoms with Crippen molar-refractivity contribution in [2.75, 3.05) is 6.54 Å². The van der Waals surface area contributed by atoms with Gasteiger partial charge in [0.2, 0.25) is 5.91 Å². The third kappa shape index (κ3) is 6.22. The molecule has 0 spiro atoms. The average Bonchev–Trinajstić information content (AvgIpc) is 3.15. The molecule has 1 unspecified atom stereocenters. The minimum Gasteiger partial charge on any atom is -0.288 e. The van der Waals surface area contributed by atoms with Crippen molar-refractivity contribution in [2.45, 2.75) is 83.4 Å². The molecule has 0 aliphatic carbocycles. The van der Waals surface area contributed by atoms with E-state index in [0.29, 0.717) is 6.42 Å². The van der Waals surface area contributed by atoms with Gasteiger partial charge in [-0.3, -0.25) is 10.2 Å². The maximum absolute atomic E-state index is 14.2. The first-order valence-corrected chi connectivity index (χ1v) is 11.5. The zero-order valence-corrected chi connectivity index (χ0v) is 18.3. The van der Waals surface area contributed by atoms with Crippen LogP contribution in [0.2, 0.25) is 0 Å². The van der Waals surface area contributed by atoms with Gasteiger partial charge in [-0.1, -0.05) is 88.3 Å². The maximum atomic E-state index is 14.2. The molecule has 3 nitrogen and oxygen atoms in total. The average molecular weight is 435 g/mol. The number of benzene rings is 2. The van der Waals surface area contributed by atoms with Gasteiger partial charge in [-0.2, -0.15) is 13.2 Å². The molecular formula is C25H33F3N2O. The molecular weight excluding hydrogens is 401 g/mol. The number of hydrogen-bond donors (Lipinski definition) is 1. The summed E-state index contributed by atoms with van der Waals surface area (Å²) in [7, 11) is 0. The Morgan fingerprint density at radius 1 is 0.968 bits per heavy atom. The summed E-state index contributed by atoms with van der Waals surface area (Å²) in [5.74, 6) is -0.361. The fourth-order valence-corrected chi connectivity index (χ4v) is 4.53. The minimum absolute atomic E-state index is 0.0625. The van der Waals surface area contributed by atoms with E-state index in [1.54, 1.807) is 12.1 Å². The molecule has 2 aromatic carbocycles. The summed E-state index contributed by atoms with van der Waals surface area (Å²) in [5, 5.41) is 2.89. The van der Waals surface area contributed by atoms with Crippen molar-refractivity contribution >= 4 is 16.7 Å². The highest BCUT2D eigenvalue weighted by Crippen LogP contribution is 2.41. The molecule has 1 fully saturated rings. The van der Waals surface area contributed by atoms with Gasteiger partial charge in [0.05, 0.1) is 0 Å². The molecule has 3 rings (SSSR count). The smallest absolute Gasteiger partial charge is 0.288 e. The van der Waals surface area contributed by atoms with Crippen molar-refractivity contribution < 1.29 is 18.0 Å². The second-order valence-corrected chi connectivity index (χ2v) is 8.50. The summed E-state index contributed by atoms with van der Waals surface area (Å²) in [6.07, 6.45) is 5.41. The Labute approximate surface area is 183 Å². The number of carbonyl (C=O) groups excluding carboxylic acids is 1. The fraction of sp³-hybridized carbons (Fsp3) is 0.560. The van der Waals surface area contributed by atoms with Crippen molar-refractivity contribution in [3.8, 4) is 0 Å². The lowest BCUT2D eigenvalue weighted by molar-refractivity contribution is -0.191. The number of hydrazine groups is 1. The Bertz CT molecular complexity index is 865. The lowest BCUT2D eigenvalue weighted by Gasteiger charge is -2.31. The van der Waals surface area contributed by atoms with E-state index < -0.39 is 12.2 Å². The molecule has 0 bridgehead atoms. The van der Waals surface area contributed by atoms with Crippen molar-refractivity contribution in [2.24, 2.45) is 0 Å². The van der Waals surface area contributed by atoms with Gasteiger partial charge in [0, 0.05) is 13.0 Å². The van der Waals surface area contributed by atoms with E-state index in [0.717, 1.165) is 40.6 Å². The number of unbranched alkanes of at least 4 members (excludes halogenated alkanes) is 7. The van der Waals surface area contributed by atoms with Crippen LogP contribution in [0.25, 0.3) is 10.8 Å². The van der Waals surface area contributed by atoms with Crippen LogP contribution in [-0.2, 0) is 11.2 Å². The molecule has 1 saturated heterocycles. The van der Waals surface area contributed by atoms with Crippen LogP contribution in [0.4, 0.5) is 13.2 Å². The normalized spacial score (nSPS) is 16.1. The predicted molar refractivity (Wildman–Crippen MR) is 119 cm³/mol. The van der Waals surface area contributed by atoms with Crippen molar-refractivity contribution in [3.05, 3.63) is 47.5 Å². The molecule has 170 valence electrons. The zero-order valence-electron chi connectivity index (χ0n) is 18.3. The second-order valence-electron chi connectivity index (χ2n) is 8.50. The van der Waals surface area contributed by atoms with Crippen molar-refractivity contribution in [1.29, 1.82) is 0 Å². The van der Waals surface area contributed by atoms with Gasteiger partial charge >= 0.3 is 6.18 Å². The van der Waals surface area contributed by atoms with Gasteiger partial charge in [0.1, 0.15) is 6.04 Å². The molecule has 1 heterocycles. The molecule has 6 heteroatoms. The van der Waals surface area contributed by atoms with Crippen LogP contribution in [0.3, 0.4) is 0 Å². The van der Waals surface area contributed by atoms with Gasteiger partial charge in [0.25, 0.3) is 0 Å². The highest BCUT2D eigenvalue weighted by atomic mass is 19.4. The SMILES string of the molecule is CCCCCCCCCCc1c(C(N2CCC(=O)N2)C(F)(F)F)ccc2ccccc12. The number of aryl methyl sites for hydroxylation is 1. The van der Waals surface area contributed by atoms with E-state index in [-0.39, 0.29) is 24.4 Å². The number of nitrogens with one attached hydrogen (secondary N) is 1. The summed E-state index contributed by atoms with van der Waals surface area (Å²) in [5.41, 5.74) is 3.43. The summed E-state index contributed by atoms with van der Waals surface area (Å²) in [4.78, 5) is 11.6. The molecule has 0 radical (unpaired) electrons. The Balaban J connectivity index is 1.81. The number of rotatable bonds is 11. The number of fused-ring (bicyclic) bond motifs is 1. The number of alkyl halides is 3. The first kappa shape index (κ1) is 23.6. The van der Waals surface area contributed by atoms with Crippen molar-refractivity contribution in [3.63, 3.8) is 0 Å². The first-order valence-electron chi connectivity index (χ1n) is 11.5. The topological polar surface area (TPSA) is 32.3 Å². The third-order valence-electron chi connectivity index (χ3n) is 6.12. The van der Waals surface area contributed by atoms with E-state index in [4.69, 9.17) is 0 Å². The van der Waals surface area contributed by atoms with E-state index >= 15 is 0 Å². The summed E-state index contributed by atoms with van der Waals surface area (Å²) >= 11 is 0. The number of nitrogens with zero attached hydrogens (tertiary/aromatic N) is 1. The Morgan fingerprint density at radius 2 is 1.65 bits per heavy atom. The first-order chi connectivity index (χ1) is 14.9. The van der Waals surface area contributed by atoms with Gasteiger partial charge in [0.15, 0.2) is 0 Å². The largest absolute Gasteiger partial charge is 0.409 e. The predicted octanol–water partition coefficient (Wildman–Crippen LogP) is 6.86. The molecule has 31 heavy (non-hydrogen) atoms. The van der Waals surface area contributed by atoms with Crippen LogP contribution in [0.1, 0.15) is 81.9 Å². The summed E-state index contributed by atoms with van der Waals surface area (Å²) in [6, 6.07) is 9.18. The lowest BCUT2D eigenvalue weighted by Crippen LogP contribution is -2.44. The van der Waals surface area contributed by atoms with Crippen LogP contribution in [0.15, 0.2) is 36.4 Å². The molecule has 1 atom stereocenters. The second kappa shape index (κ2) is 11.0. The Morgan fingerprint density at radius 3 is 2.29 bits per heavy atom. The summed E-state index contributed by atoms with van der Waals surface area (Å²) < 4.78 is 42.5. The lowest BCUT2D eigenvalue weighted by atomic mass is 9.90. The van der Waals surface area contributed by atoms with E-state index in [2.05, 4.69) is 12.3 Å². The molecule has 1 N–H and O–H groups in total. The molecule has 1 aliphatic heterocycles. The van der Waals surface area contributed by atoms with Crippen LogP contribution in [0.5, 0.6) is 0 Å². The van der Waals surface area contributed by atoms with Gasteiger partial charge < -0.3 is 0 Å². The number of amides is 1. The zero-order chi connectivity index (χ0) is 22.3. The van der Waals surface area contributed by atoms with E-state index in [1.165, 1.54) is 32.1 Å². The summed E-state index contributed by atoms with van der Waals surface area (Å²) in [6.45, 7) is 2.26. The maximum Gasteiger partial charge on any atom is 0.409 e. The van der Waals surface area contributed by atoms with E-state index in [9.17, 15) is 18.0 Å². The quantitative estimate of drug-likeness (QED) is 0.392. The number of halogens is 3. The van der Waals surface area contributed by atoms with Crippen LogP contribution in [0, 0.1) is 0 Å². The molecule has 0 aromatic heterocycles. The monoisotopic (exact) mass is 434 g/mol. The molecule has 0 saturated carbocycles. The van der Waals surface area contributed by atoms with Crippen molar-refractivity contribution in [1.82, 2.24) is 10.4 Å². The van der Waals surface area contributed by atoms with E-state index in [1.807, 2.05) is 24.3 Å².